The Labute approximate surface area is 78.6 Å². The van der Waals surface area contributed by atoms with Gasteiger partial charge >= 0.3 is 5.97 Å². The number of hydrogen-bond acceptors (Lipinski definition) is 4. The molecular formula is C9H17NO3. The van der Waals surface area contributed by atoms with E-state index in [1.807, 2.05) is 6.92 Å². The second-order valence-electron chi connectivity index (χ2n) is 3.14. The first-order valence-electron chi connectivity index (χ1n) is 4.71. The molecular weight excluding hydrogens is 170 g/mol. The van der Waals surface area contributed by atoms with E-state index < -0.39 is 0 Å². The van der Waals surface area contributed by atoms with Gasteiger partial charge in [0.2, 0.25) is 0 Å². The average molecular weight is 187 g/mol. The van der Waals surface area contributed by atoms with Crippen molar-refractivity contribution in [3.05, 3.63) is 0 Å². The highest BCUT2D eigenvalue weighted by Crippen LogP contribution is 2.17. The lowest BCUT2D eigenvalue weighted by atomic mass is 9.99. The van der Waals surface area contributed by atoms with Crippen LogP contribution in [0.25, 0.3) is 0 Å². The first-order chi connectivity index (χ1) is 6.29. The molecule has 0 aromatic carbocycles. The highest BCUT2D eigenvalue weighted by atomic mass is 16.5. The van der Waals surface area contributed by atoms with E-state index in [2.05, 4.69) is 5.32 Å². The number of esters is 1. The summed E-state index contributed by atoms with van der Waals surface area (Å²) in [4.78, 5) is 11.4. The zero-order valence-electron chi connectivity index (χ0n) is 8.21. The van der Waals surface area contributed by atoms with Crippen LogP contribution in [0.15, 0.2) is 0 Å². The fourth-order valence-corrected chi connectivity index (χ4v) is 1.59. The Morgan fingerprint density at radius 1 is 1.77 bits per heavy atom. The normalized spacial score (nSPS) is 24.3. The van der Waals surface area contributed by atoms with Crippen molar-refractivity contribution >= 4 is 5.97 Å². The minimum absolute atomic E-state index is 0.166. The summed E-state index contributed by atoms with van der Waals surface area (Å²) in [7, 11) is 1.78. The number of likely N-dealkylation sites (N-methyl/N-ethyl adjacent to an activating group) is 1. The minimum Gasteiger partial charge on any atom is -0.465 e. The van der Waals surface area contributed by atoms with Gasteiger partial charge in [0.25, 0.3) is 0 Å². The lowest BCUT2D eigenvalue weighted by Crippen LogP contribution is -2.42. The topological polar surface area (TPSA) is 47.6 Å². The van der Waals surface area contributed by atoms with Crippen molar-refractivity contribution in [2.45, 2.75) is 19.4 Å². The van der Waals surface area contributed by atoms with Crippen LogP contribution in [0.2, 0.25) is 0 Å². The molecule has 0 bridgehead atoms. The Balaban J connectivity index is 2.44. The molecule has 0 amide bonds. The van der Waals surface area contributed by atoms with Crippen LogP contribution in [-0.4, -0.2) is 38.9 Å². The van der Waals surface area contributed by atoms with E-state index in [4.69, 9.17) is 9.47 Å². The quantitative estimate of drug-likeness (QED) is 0.637. The van der Waals surface area contributed by atoms with Crippen LogP contribution < -0.4 is 5.32 Å². The van der Waals surface area contributed by atoms with Crippen molar-refractivity contribution in [2.24, 2.45) is 5.92 Å². The Kier molecular flexibility index (Phi) is 4.18. The smallest absolute Gasteiger partial charge is 0.323 e. The van der Waals surface area contributed by atoms with E-state index in [1.54, 1.807) is 7.05 Å². The molecule has 1 aliphatic heterocycles. The molecule has 1 fully saturated rings. The third-order valence-corrected chi connectivity index (χ3v) is 2.29. The summed E-state index contributed by atoms with van der Waals surface area (Å²) in [6.07, 6.45) is 0.935. The van der Waals surface area contributed by atoms with Crippen molar-refractivity contribution in [2.75, 3.05) is 26.9 Å². The third kappa shape index (κ3) is 2.67. The number of rotatable bonds is 4. The predicted octanol–water partition coefficient (Wildman–Crippen LogP) is 0.174. The number of nitrogens with one attached hydrogen (secondary N) is 1. The van der Waals surface area contributed by atoms with E-state index in [0.29, 0.717) is 13.2 Å². The van der Waals surface area contributed by atoms with E-state index in [9.17, 15) is 4.79 Å². The molecule has 0 aliphatic carbocycles. The van der Waals surface area contributed by atoms with Crippen LogP contribution in [0.1, 0.15) is 13.3 Å². The van der Waals surface area contributed by atoms with E-state index in [1.165, 1.54) is 0 Å². The van der Waals surface area contributed by atoms with Gasteiger partial charge in [0.15, 0.2) is 0 Å². The third-order valence-electron chi connectivity index (χ3n) is 2.29. The number of carbonyl (C=O) groups excluding carboxylic acids is 1. The largest absolute Gasteiger partial charge is 0.465 e. The second-order valence-corrected chi connectivity index (χ2v) is 3.14. The molecule has 1 rings (SSSR count). The summed E-state index contributed by atoms with van der Waals surface area (Å²) in [5, 5.41) is 2.97. The number of hydrogen-bond donors (Lipinski definition) is 1. The summed E-state index contributed by atoms with van der Waals surface area (Å²) in [5.74, 6) is 0.101. The van der Waals surface area contributed by atoms with Gasteiger partial charge in [-0.3, -0.25) is 4.79 Å². The first-order valence-corrected chi connectivity index (χ1v) is 4.71. The van der Waals surface area contributed by atoms with Gasteiger partial charge in [-0.05, 0) is 20.4 Å². The van der Waals surface area contributed by atoms with Crippen LogP contribution in [-0.2, 0) is 14.3 Å². The SMILES string of the molecule is CCOC(=O)[C@@H](NC)C1CCOC1. The van der Waals surface area contributed by atoms with Crippen LogP contribution in [0, 0.1) is 5.92 Å². The zero-order chi connectivity index (χ0) is 9.68. The van der Waals surface area contributed by atoms with Gasteiger partial charge in [0, 0.05) is 12.5 Å². The van der Waals surface area contributed by atoms with E-state index in [0.717, 1.165) is 13.0 Å². The van der Waals surface area contributed by atoms with Gasteiger partial charge in [-0.2, -0.15) is 0 Å². The fourth-order valence-electron chi connectivity index (χ4n) is 1.59. The zero-order valence-corrected chi connectivity index (χ0v) is 8.21. The summed E-state index contributed by atoms with van der Waals surface area (Å²) in [6, 6.07) is -0.206. The monoisotopic (exact) mass is 187 g/mol. The molecule has 1 aliphatic rings. The van der Waals surface area contributed by atoms with E-state index in [-0.39, 0.29) is 17.9 Å². The maximum absolute atomic E-state index is 11.4. The van der Waals surface area contributed by atoms with Gasteiger partial charge in [-0.15, -0.1) is 0 Å². The van der Waals surface area contributed by atoms with Gasteiger partial charge < -0.3 is 14.8 Å². The lowest BCUT2D eigenvalue weighted by molar-refractivity contribution is -0.147. The maximum Gasteiger partial charge on any atom is 0.323 e. The Morgan fingerprint density at radius 3 is 3.00 bits per heavy atom. The standard InChI is InChI=1S/C9H17NO3/c1-3-13-9(11)8(10-2)7-4-5-12-6-7/h7-8,10H,3-6H2,1-2H3/t7?,8-/m0/s1. The van der Waals surface area contributed by atoms with Crippen molar-refractivity contribution in [3.63, 3.8) is 0 Å². The molecule has 1 saturated heterocycles. The molecule has 4 nitrogen and oxygen atoms in total. The molecule has 0 spiro atoms. The van der Waals surface area contributed by atoms with E-state index >= 15 is 0 Å². The lowest BCUT2D eigenvalue weighted by Gasteiger charge is -2.19. The summed E-state index contributed by atoms with van der Waals surface area (Å²) in [5.41, 5.74) is 0. The molecule has 13 heavy (non-hydrogen) atoms. The molecule has 0 saturated carbocycles. The summed E-state index contributed by atoms with van der Waals surface area (Å²) >= 11 is 0. The molecule has 76 valence electrons. The van der Waals surface area contributed by atoms with Crippen LogP contribution in [0.4, 0.5) is 0 Å². The number of carbonyl (C=O) groups is 1. The molecule has 1 N–H and O–H groups in total. The highest BCUT2D eigenvalue weighted by molar-refractivity contribution is 5.76. The molecule has 1 heterocycles. The molecule has 4 heteroatoms. The molecule has 1 unspecified atom stereocenters. The van der Waals surface area contributed by atoms with Crippen LogP contribution >= 0.6 is 0 Å². The van der Waals surface area contributed by atoms with Crippen LogP contribution in [0.3, 0.4) is 0 Å². The fraction of sp³-hybridized carbons (Fsp3) is 0.889. The van der Waals surface area contributed by atoms with Gasteiger partial charge in [-0.1, -0.05) is 0 Å². The molecule has 0 radical (unpaired) electrons. The highest BCUT2D eigenvalue weighted by Gasteiger charge is 2.30. The van der Waals surface area contributed by atoms with Crippen molar-refractivity contribution in [1.82, 2.24) is 5.32 Å². The van der Waals surface area contributed by atoms with Crippen molar-refractivity contribution < 1.29 is 14.3 Å². The van der Waals surface area contributed by atoms with Gasteiger partial charge in [0.1, 0.15) is 6.04 Å². The molecule has 2 atom stereocenters. The van der Waals surface area contributed by atoms with Gasteiger partial charge in [0.05, 0.1) is 13.2 Å². The molecule has 0 aromatic rings. The Bertz CT molecular complexity index is 166. The maximum atomic E-state index is 11.4. The van der Waals surface area contributed by atoms with Gasteiger partial charge in [-0.25, -0.2) is 0 Å². The molecule has 0 aromatic heterocycles. The predicted molar refractivity (Wildman–Crippen MR) is 48.4 cm³/mol. The van der Waals surface area contributed by atoms with Crippen molar-refractivity contribution in [1.29, 1.82) is 0 Å². The van der Waals surface area contributed by atoms with Crippen LogP contribution in [0.5, 0.6) is 0 Å². The van der Waals surface area contributed by atoms with Crippen molar-refractivity contribution in [3.8, 4) is 0 Å². The summed E-state index contributed by atoms with van der Waals surface area (Å²) in [6.45, 7) is 3.66. The first kappa shape index (κ1) is 10.5. The number of ether oxygens (including phenoxy) is 2. The average Bonchev–Trinajstić information content (AvgIpc) is 2.59. The Hall–Kier alpha value is -0.610. The minimum atomic E-state index is -0.206. The second kappa shape index (κ2) is 5.19. The summed E-state index contributed by atoms with van der Waals surface area (Å²) < 4.78 is 10.2. The Morgan fingerprint density at radius 2 is 2.54 bits per heavy atom.